The molecule has 0 fully saturated rings. The molecule has 0 radical (unpaired) electrons. The van der Waals surface area contributed by atoms with Gasteiger partial charge in [0.2, 0.25) is 5.91 Å². The van der Waals surface area contributed by atoms with Crippen LogP contribution in [0.2, 0.25) is 0 Å². The van der Waals surface area contributed by atoms with Gasteiger partial charge in [0.1, 0.15) is 11.6 Å². The molecule has 4 nitrogen and oxygen atoms in total. The summed E-state index contributed by atoms with van der Waals surface area (Å²) in [5.41, 5.74) is 0.843. The Labute approximate surface area is 115 Å². The van der Waals surface area contributed by atoms with E-state index >= 15 is 0 Å². The van der Waals surface area contributed by atoms with Gasteiger partial charge in [0.15, 0.2) is 5.75 Å². The number of rotatable bonds is 4. The lowest BCUT2D eigenvalue weighted by molar-refractivity contribution is -0.114. The fraction of sp³-hybridized carbons (Fsp3) is 0.133. The molecule has 2 N–H and O–H groups in total. The lowest BCUT2D eigenvalue weighted by Crippen LogP contribution is -2.07. The fourth-order valence-corrected chi connectivity index (χ4v) is 1.74. The number of carbonyl (C=O) groups is 1. The van der Waals surface area contributed by atoms with Gasteiger partial charge in [-0.1, -0.05) is 12.1 Å². The first-order valence-corrected chi connectivity index (χ1v) is 6.04. The zero-order chi connectivity index (χ0) is 14.5. The summed E-state index contributed by atoms with van der Waals surface area (Å²) in [6, 6.07) is 10.8. The number of para-hydroxylation sites is 2. The first-order chi connectivity index (χ1) is 9.60. The van der Waals surface area contributed by atoms with Crippen molar-refractivity contribution >= 4 is 11.6 Å². The van der Waals surface area contributed by atoms with Crippen LogP contribution in [0.15, 0.2) is 42.5 Å². The highest BCUT2D eigenvalue weighted by atomic mass is 19.1. The SMILES string of the molecule is CC(=O)Nc1ccccc1Oc1ccc(F)cc1CO. The van der Waals surface area contributed by atoms with E-state index in [1.54, 1.807) is 24.3 Å². The van der Waals surface area contributed by atoms with E-state index < -0.39 is 5.82 Å². The Bertz CT molecular complexity index is 628. The second kappa shape index (κ2) is 6.16. The number of halogens is 1. The monoisotopic (exact) mass is 275 g/mol. The van der Waals surface area contributed by atoms with Crippen LogP contribution in [-0.4, -0.2) is 11.0 Å². The topological polar surface area (TPSA) is 58.6 Å². The summed E-state index contributed by atoms with van der Waals surface area (Å²) in [6.45, 7) is 1.06. The van der Waals surface area contributed by atoms with Gasteiger partial charge >= 0.3 is 0 Å². The van der Waals surface area contributed by atoms with Crippen LogP contribution in [-0.2, 0) is 11.4 Å². The predicted octanol–water partition coefficient (Wildman–Crippen LogP) is 3.07. The minimum atomic E-state index is -0.448. The molecule has 0 aromatic heterocycles. The van der Waals surface area contributed by atoms with Gasteiger partial charge in [0.25, 0.3) is 0 Å². The fourth-order valence-electron chi connectivity index (χ4n) is 1.74. The van der Waals surface area contributed by atoms with Gasteiger partial charge in [-0.15, -0.1) is 0 Å². The zero-order valence-electron chi connectivity index (χ0n) is 10.9. The maximum atomic E-state index is 13.1. The Kier molecular flexibility index (Phi) is 4.32. The molecule has 0 aliphatic carbocycles. The second-order valence-corrected chi connectivity index (χ2v) is 4.19. The first-order valence-electron chi connectivity index (χ1n) is 6.04. The van der Waals surface area contributed by atoms with E-state index in [0.717, 1.165) is 0 Å². The molecule has 0 bridgehead atoms. The average molecular weight is 275 g/mol. The van der Waals surface area contributed by atoms with Crippen LogP contribution in [0.25, 0.3) is 0 Å². The molecule has 0 unspecified atom stereocenters. The van der Waals surface area contributed by atoms with Crippen molar-refractivity contribution in [2.24, 2.45) is 0 Å². The third-order valence-corrected chi connectivity index (χ3v) is 2.61. The number of carbonyl (C=O) groups excluding carboxylic acids is 1. The smallest absolute Gasteiger partial charge is 0.221 e. The van der Waals surface area contributed by atoms with E-state index in [9.17, 15) is 14.3 Å². The van der Waals surface area contributed by atoms with Crippen molar-refractivity contribution < 1.29 is 19.0 Å². The van der Waals surface area contributed by atoms with Crippen molar-refractivity contribution in [1.29, 1.82) is 0 Å². The molecule has 20 heavy (non-hydrogen) atoms. The molecule has 2 rings (SSSR count). The molecular weight excluding hydrogens is 261 g/mol. The molecule has 104 valence electrons. The third kappa shape index (κ3) is 3.33. The number of ether oxygens (including phenoxy) is 1. The molecule has 0 saturated heterocycles. The zero-order valence-corrected chi connectivity index (χ0v) is 10.9. The van der Waals surface area contributed by atoms with E-state index in [-0.39, 0.29) is 12.5 Å². The summed E-state index contributed by atoms with van der Waals surface area (Å²) in [5.74, 6) is 0.0924. The van der Waals surface area contributed by atoms with E-state index in [0.29, 0.717) is 22.7 Å². The van der Waals surface area contributed by atoms with Gasteiger partial charge in [-0.3, -0.25) is 4.79 Å². The predicted molar refractivity (Wildman–Crippen MR) is 73.1 cm³/mol. The Morgan fingerprint density at radius 1 is 1.25 bits per heavy atom. The minimum Gasteiger partial charge on any atom is -0.455 e. The first kappa shape index (κ1) is 14.0. The van der Waals surface area contributed by atoms with Crippen molar-refractivity contribution in [3.05, 3.63) is 53.8 Å². The highest BCUT2D eigenvalue weighted by Crippen LogP contribution is 2.31. The van der Waals surface area contributed by atoms with Crippen LogP contribution in [0, 0.1) is 5.82 Å². The number of anilines is 1. The van der Waals surface area contributed by atoms with Crippen molar-refractivity contribution in [3.63, 3.8) is 0 Å². The maximum absolute atomic E-state index is 13.1. The molecule has 5 heteroatoms. The lowest BCUT2D eigenvalue weighted by atomic mass is 10.2. The molecule has 0 heterocycles. The average Bonchev–Trinajstić information content (AvgIpc) is 2.42. The summed E-state index contributed by atoms with van der Waals surface area (Å²) >= 11 is 0. The van der Waals surface area contributed by atoms with Gasteiger partial charge < -0.3 is 15.2 Å². The van der Waals surface area contributed by atoms with E-state index in [2.05, 4.69) is 5.32 Å². The molecule has 0 aliphatic heterocycles. The van der Waals surface area contributed by atoms with Crippen molar-refractivity contribution in [2.75, 3.05) is 5.32 Å². The van der Waals surface area contributed by atoms with E-state index in [1.165, 1.54) is 25.1 Å². The van der Waals surface area contributed by atoms with Gasteiger partial charge in [-0.25, -0.2) is 4.39 Å². The summed E-state index contributed by atoms with van der Waals surface area (Å²) in [5, 5.41) is 11.9. The number of aliphatic hydroxyl groups excluding tert-OH is 1. The summed E-state index contributed by atoms with van der Waals surface area (Å²) < 4.78 is 18.7. The standard InChI is InChI=1S/C15H14FNO3/c1-10(19)17-13-4-2-3-5-15(13)20-14-7-6-12(16)8-11(14)9-18/h2-8,18H,9H2,1H3,(H,17,19). The van der Waals surface area contributed by atoms with Crippen molar-refractivity contribution in [2.45, 2.75) is 13.5 Å². The van der Waals surface area contributed by atoms with E-state index in [4.69, 9.17) is 4.74 Å². The number of nitrogens with one attached hydrogen (secondary N) is 1. The highest BCUT2D eigenvalue weighted by molar-refractivity contribution is 5.90. The maximum Gasteiger partial charge on any atom is 0.221 e. The van der Waals surface area contributed by atoms with Crippen LogP contribution >= 0.6 is 0 Å². The van der Waals surface area contributed by atoms with Crippen LogP contribution in [0.1, 0.15) is 12.5 Å². The molecular formula is C15H14FNO3. The number of aliphatic hydroxyl groups is 1. The summed E-state index contributed by atoms with van der Waals surface area (Å²) in [4.78, 5) is 11.1. The van der Waals surface area contributed by atoms with Gasteiger partial charge in [-0.05, 0) is 30.3 Å². The molecule has 2 aromatic rings. The Balaban J connectivity index is 2.32. The highest BCUT2D eigenvalue weighted by Gasteiger charge is 2.09. The number of hydrogen-bond donors (Lipinski definition) is 2. The number of amides is 1. The molecule has 0 aliphatic rings. The number of hydrogen-bond acceptors (Lipinski definition) is 3. The normalized spacial score (nSPS) is 10.2. The molecule has 0 atom stereocenters. The largest absolute Gasteiger partial charge is 0.455 e. The van der Waals surface area contributed by atoms with Crippen LogP contribution in [0.5, 0.6) is 11.5 Å². The summed E-state index contributed by atoms with van der Waals surface area (Å²) in [6.07, 6.45) is 0. The van der Waals surface area contributed by atoms with Crippen LogP contribution < -0.4 is 10.1 Å². The molecule has 2 aromatic carbocycles. The quantitative estimate of drug-likeness (QED) is 0.901. The number of benzene rings is 2. The summed E-state index contributed by atoms with van der Waals surface area (Å²) in [7, 11) is 0. The molecule has 0 saturated carbocycles. The lowest BCUT2D eigenvalue weighted by Gasteiger charge is -2.13. The Hall–Kier alpha value is -2.40. The van der Waals surface area contributed by atoms with Crippen LogP contribution in [0.3, 0.4) is 0 Å². The van der Waals surface area contributed by atoms with Gasteiger partial charge in [-0.2, -0.15) is 0 Å². The third-order valence-electron chi connectivity index (χ3n) is 2.61. The second-order valence-electron chi connectivity index (χ2n) is 4.19. The van der Waals surface area contributed by atoms with Crippen molar-refractivity contribution in [3.8, 4) is 11.5 Å². The Morgan fingerprint density at radius 3 is 2.70 bits per heavy atom. The van der Waals surface area contributed by atoms with Crippen LogP contribution in [0.4, 0.5) is 10.1 Å². The minimum absolute atomic E-state index is 0.220. The van der Waals surface area contributed by atoms with E-state index in [1.807, 2.05) is 0 Å². The van der Waals surface area contributed by atoms with Crippen molar-refractivity contribution in [1.82, 2.24) is 0 Å². The molecule has 0 spiro atoms. The Morgan fingerprint density at radius 2 is 2.00 bits per heavy atom. The van der Waals surface area contributed by atoms with Gasteiger partial charge in [0, 0.05) is 12.5 Å². The molecule has 1 amide bonds. The van der Waals surface area contributed by atoms with Gasteiger partial charge in [0.05, 0.1) is 12.3 Å².